The van der Waals surface area contributed by atoms with E-state index in [0.717, 1.165) is 24.5 Å². The molecule has 1 saturated carbocycles. The Bertz CT molecular complexity index is 1800. The molecular formula is C37H38F3N3O8. The van der Waals surface area contributed by atoms with Crippen LogP contribution in [0, 0.1) is 17.5 Å². The first kappa shape index (κ1) is 35.4. The van der Waals surface area contributed by atoms with Gasteiger partial charge in [0.25, 0.3) is 5.91 Å². The Balaban J connectivity index is 1.24. The number of nitrogens with zero attached hydrogens (tertiary/aromatic N) is 3. The van der Waals surface area contributed by atoms with Gasteiger partial charge in [-0.05, 0) is 85.2 Å². The van der Waals surface area contributed by atoms with Gasteiger partial charge in [0.05, 0.1) is 32.3 Å². The van der Waals surface area contributed by atoms with Gasteiger partial charge in [0.1, 0.15) is 18.1 Å². The van der Waals surface area contributed by atoms with Crippen molar-refractivity contribution in [2.75, 3.05) is 40.0 Å². The van der Waals surface area contributed by atoms with E-state index in [4.69, 9.17) is 14.2 Å². The topological polar surface area (TPSA) is 129 Å². The van der Waals surface area contributed by atoms with Crippen molar-refractivity contribution in [3.8, 4) is 17.2 Å². The lowest BCUT2D eigenvalue weighted by Gasteiger charge is -2.49. The molecule has 6 rings (SSSR count). The number of ether oxygens (including phenoxy) is 3. The summed E-state index contributed by atoms with van der Waals surface area (Å²) in [5.41, 5.74) is 2.48. The summed E-state index contributed by atoms with van der Waals surface area (Å²) >= 11 is 0. The van der Waals surface area contributed by atoms with Crippen LogP contribution in [0.15, 0.2) is 66.2 Å². The molecule has 51 heavy (non-hydrogen) atoms. The molecule has 0 aromatic heterocycles. The van der Waals surface area contributed by atoms with Gasteiger partial charge < -0.3 is 34.2 Å². The molecule has 0 unspecified atom stereocenters. The van der Waals surface area contributed by atoms with E-state index in [-0.39, 0.29) is 56.8 Å². The smallest absolute Gasteiger partial charge is 0.408 e. The molecular weight excluding hydrogens is 671 g/mol. The van der Waals surface area contributed by atoms with Crippen LogP contribution < -0.4 is 14.2 Å². The number of amides is 3. The van der Waals surface area contributed by atoms with Crippen LogP contribution in [0.1, 0.15) is 36.8 Å². The molecule has 270 valence electrons. The van der Waals surface area contributed by atoms with E-state index in [2.05, 4.69) is 0 Å². The van der Waals surface area contributed by atoms with E-state index in [0.29, 0.717) is 41.5 Å². The Kier molecular flexibility index (Phi) is 10.6. The van der Waals surface area contributed by atoms with Crippen LogP contribution in [0.2, 0.25) is 0 Å². The third-order valence-corrected chi connectivity index (χ3v) is 9.44. The first-order valence-electron chi connectivity index (χ1n) is 16.7. The van der Waals surface area contributed by atoms with E-state index in [1.54, 1.807) is 36.3 Å². The molecule has 2 atom stereocenters. The number of methoxy groups -OCH3 is 1. The number of aryl methyl sites for hydroxylation is 1. The second-order valence-electron chi connectivity index (χ2n) is 12.7. The predicted octanol–water partition coefficient (Wildman–Crippen LogP) is 6.06. The molecule has 2 aliphatic heterocycles. The summed E-state index contributed by atoms with van der Waals surface area (Å²) in [5.74, 6) is -3.42. The number of carbonyl (C=O) groups excluding carboxylic acids is 1. The largest absolute Gasteiger partial charge is 0.497 e. The van der Waals surface area contributed by atoms with Gasteiger partial charge in [0.2, 0.25) is 5.82 Å². The van der Waals surface area contributed by atoms with Crippen LogP contribution >= 0.6 is 0 Å². The molecule has 1 saturated heterocycles. The molecule has 14 heteroatoms. The minimum absolute atomic E-state index is 0.0320. The maximum Gasteiger partial charge on any atom is 0.408 e. The Morgan fingerprint density at radius 1 is 0.843 bits per heavy atom. The lowest BCUT2D eigenvalue weighted by molar-refractivity contribution is -0.129. The zero-order valence-electron chi connectivity index (χ0n) is 27.9. The molecule has 1 aliphatic carbocycles. The molecule has 2 N–H and O–H groups in total. The van der Waals surface area contributed by atoms with Crippen molar-refractivity contribution in [3.63, 3.8) is 0 Å². The summed E-state index contributed by atoms with van der Waals surface area (Å²) in [4.78, 5) is 43.3. The average Bonchev–Trinajstić information content (AvgIpc) is 3.96. The van der Waals surface area contributed by atoms with Crippen molar-refractivity contribution in [2.45, 2.75) is 50.2 Å². The minimum atomic E-state index is -1.38. The zero-order chi connectivity index (χ0) is 36.2. The van der Waals surface area contributed by atoms with Crippen molar-refractivity contribution >= 4 is 23.7 Å². The summed E-state index contributed by atoms with van der Waals surface area (Å²) in [6.07, 6.45) is 0.129. The van der Waals surface area contributed by atoms with Crippen LogP contribution in [-0.4, -0.2) is 101 Å². The van der Waals surface area contributed by atoms with Crippen LogP contribution in [0.25, 0.3) is 5.57 Å². The van der Waals surface area contributed by atoms with Crippen molar-refractivity contribution < 1.29 is 52.0 Å². The van der Waals surface area contributed by atoms with Gasteiger partial charge in [-0.25, -0.2) is 18.4 Å². The molecule has 3 aromatic rings. The van der Waals surface area contributed by atoms with Crippen molar-refractivity contribution in [1.29, 1.82) is 0 Å². The second-order valence-corrected chi connectivity index (χ2v) is 12.7. The fourth-order valence-corrected chi connectivity index (χ4v) is 6.79. The maximum atomic E-state index is 14.6. The molecule has 2 bridgehead atoms. The van der Waals surface area contributed by atoms with Crippen molar-refractivity contribution in [1.82, 2.24) is 14.7 Å². The number of hydrogen-bond acceptors (Lipinski definition) is 6. The molecule has 0 spiro atoms. The monoisotopic (exact) mass is 709 g/mol. The number of hydrogen-bond donors (Lipinski definition) is 2. The van der Waals surface area contributed by atoms with Crippen LogP contribution in [0.4, 0.5) is 22.8 Å². The van der Waals surface area contributed by atoms with Gasteiger partial charge in [-0.3, -0.25) is 9.69 Å². The van der Waals surface area contributed by atoms with E-state index in [1.165, 1.54) is 9.80 Å². The van der Waals surface area contributed by atoms with Crippen LogP contribution in [-0.2, 0) is 11.2 Å². The third kappa shape index (κ3) is 7.84. The Morgan fingerprint density at radius 2 is 1.53 bits per heavy atom. The number of carbonyl (C=O) groups is 3. The fraction of sp³-hybridized carbons (Fsp3) is 0.378. The highest BCUT2D eigenvalue weighted by Gasteiger charge is 2.49. The predicted molar refractivity (Wildman–Crippen MR) is 178 cm³/mol. The molecule has 0 radical (unpaired) electrons. The quantitative estimate of drug-likeness (QED) is 0.162. The summed E-state index contributed by atoms with van der Waals surface area (Å²) in [6.45, 7) is 0.147. The molecule has 2 heterocycles. The SMILES string of the molecule is COc1ccc(OCCN(C(=O)C2=C(c3ccc(CCCOc4c(F)ccc(F)c4F)cc3)C[C@@H]3CN(C(=O)O)C[C@H]2N3C(=O)O)C2CC2)cc1. The first-order valence-corrected chi connectivity index (χ1v) is 16.7. The number of halogens is 3. The maximum absolute atomic E-state index is 14.6. The zero-order valence-corrected chi connectivity index (χ0v) is 27.9. The van der Waals surface area contributed by atoms with Gasteiger partial charge in [-0.1, -0.05) is 24.3 Å². The Labute approximate surface area is 292 Å². The molecule has 3 amide bonds. The molecule has 3 aliphatic rings. The van der Waals surface area contributed by atoms with Crippen molar-refractivity contribution in [3.05, 3.63) is 94.8 Å². The van der Waals surface area contributed by atoms with E-state index >= 15 is 0 Å². The van der Waals surface area contributed by atoms with Gasteiger partial charge in [0, 0.05) is 24.7 Å². The van der Waals surface area contributed by atoms with Gasteiger partial charge in [-0.2, -0.15) is 4.39 Å². The number of carboxylic acid groups (broad SMARTS) is 2. The summed E-state index contributed by atoms with van der Waals surface area (Å²) < 4.78 is 57.7. The Morgan fingerprint density at radius 3 is 2.18 bits per heavy atom. The highest BCUT2D eigenvalue weighted by molar-refractivity contribution is 6.04. The van der Waals surface area contributed by atoms with Crippen LogP contribution in [0.3, 0.4) is 0 Å². The van der Waals surface area contributed by atoms with Gasteiger partial charge >= 0.3 is 12.2 Å². The third-order valence-electron chi connectivity index (χ3n) is 9.44. The highest BCUT2D eigenvalue weighted by Crippen LogP contribution is 2.41. The number of piperazine rings is 1. The fourth-order valence-electron chi connectivity index (χ4n) is 6.79. The van der Waals surface area contributed by atoms with Crippen LogP contribution in [0.5, 0.6) is 17.2 Å². The number of benzene rings is 3. The van der Waals surface area contributed by atoms with Crippen molar-refractivity contribution in [2.24, 2.45) is 0 Å². The standard InChI is InChI=1S/C37H38F3N3O8/c1-49-26-10-12-27(13-11-26)50-18-16-42(24-8-9-24)35(44)32-28(19-25-20-41(36(45)46)21-31(32)43(25)37(47)48)23-6-4-22(5-7-23)3-2-17-51-34-30(39)15-14-29(38)33(34)40/h4-7,10-15,24-25,31H,2-3,8-9,16-21H2,1H3,(H,45,46)(H,47,48)/t25-,31-/m1/s1. The molecule has 2 fully saturated rings. The minimum Gasteiger partial charge on any atom is -0.497 e. The normalized spacial score (nSPS) is 18.4. The van der Waals surface area contributed by atoms with Gasteiger partial charge in [0.15, 0.2) is 17.4 Å². The highest BCUT2D eigenvalue weighted by atomic mass is 19.2. The first-order chi connectivity index (χ1) is 24.5. The molecule has 3 aromatic carbocycles. The lowest BCUT2D eigenvalue weighted by atomic mass is 9.81. The lowest BCUT2D eigenvalue weighted by Crippen LogP contribution is -2.65. The average molecular weight is 710 g/mol. The van der Waals surface area contributed by atoms with Gasteiger partial charge in [-0.15, -0.1) is 0 Å². The second kappa shape index (κ2) is 15.2. The van der Waals surface area contributed by atoms with E-state index < -0.39 is 47.5 Å². The summed E-state index contributed by atoms with van der Waals surface area (Å²) in [7, 11) is 1.57. The summed E-state index contributed by atoms with van der Waals surface area (Å²) in [6, 6.07) is 14.1. The van der Waals surface area contributed by atoms with E-state index in [9.17, 15) is 37.8 Å². The summed E-state index contributed by atoms with van der Waals surface area (Å²) in [5, 5.41) is 20.1. The number of rotatable bonds is 13. The Hall–Kier alpha value is -5.40. The number of fused-ring (bicyclic) bond motifs is 2. The van der Waals surface area contributed by atoms with E-state index in [1.807, 2.05) is 24.3 Å². The molecule has 11 nitrogen and oxygen atoms in total.